The minimum atomic E-state index is -4.48. The number of nitrogens with one attached hydrogen (secondary N) is 1. The predicted molar refractivity (Wildman–Crippen MR) is 115 cm³/mol. The summed E-state index contributed by atoms with van der Waals surface area (Å²) in [7, 11) is -7.21. The monoisotopic (exact) mass is 472 g/mol. The van der Waals surface area contributed by atoms with E-state index in [1.807, 2.05) is 0 Å². The number of ether oxygens (including phenoxy) is 1. The third kappa shape index (κ3) is 5.05. The van der Waals surface area contributed by atoms with E-state index in [0.29, 0.717) is 11.1 Å². The van der Waals surface area contributed by atoms with Crippen LogP contribution in [0.4, 0.5) is 10.1 Å². The topological polar surface area (TPSA) is 110 Å². The summed E-state index contributed by atoms with van der Waals surface area (Å²) in [6, 6.07) is 5.48. The van der Waals surface area contributed by atoms with Crippen LogP contribution in [-0.2, 0) is 24.8 Å². The lowest BCUT2D eigenvalue weighted by Gasteiger charge is -2.21. The van der Waals surface area contributed by atoms with Gasteiger partial charge in [0.2, 0.25) is 10.0 Å². The highest BCUT2D eigenvalue weighted by Crippen LogP contribution is 2.29. The molecule has 0 aliphatic carbocycles. The lowest BCUT2D eigenvalue weighted by Crippen LogP contribution is -2.30. The van der Waals surface area contributed by atoms with Crippen molar-refractivity contribution in [3.05, 3.63) is 52.8 Å². The van der Waals surface area contributed by atoms with E-state index in [-0.39, 0.29) is 29.2 Å². The maximum Gasteiger partial charge on any atom is 0.337 e. The number of hydrogen-bond acceptors (Lipinski definition) is 6. The van der Waals surface area contributed by atoms with Gasteiger partial charge < -0.3 is 4.74 Å². The van der Waals surface area contributed by atoms with Crippen molar-refractivity contribution in [1.82, 2.24) is 4.31 Å². The van der Waals surface area contributed by atoms with Crippen LogP contribution in [-0.4, -0.2) is 47.3 Å². The second-order valence-electron chi connectivity index (χ2n) is 6.74. The number of methoxy groups -OCH3 is 1. The quantitative estimate of drug-likeness (QED) is 0.592. The van der Waals surface area contributed by atoms with Crippen molar-refractivity contribution in [3.8, 4) is 0 Å². The van der Waals surface area contributed by atoms with Gasteiger partial charge in [-0.15, -0.1) is 0 Å². The number of halogens is 1. The predicted octanol–water partition coefficient (Wildman–Crippen LogP) is 3.06. The number of aryl methyl sites for hydroxylation is 1. The number of carbonyl (C=O) groups is 1. The smallest absolute Gasteiger partial charge is 0.337 e. The molecule has 0 atom stereocenters. The Labute approximate surface area is 182 Å². The minimum Gasteiger partial charge on any atom is -0.465 e. The first kappa shape index (κ1) is 24.8. The molecular weight excluding hydrogens is 447 g/mol. The molecular formula is C20H25FN2O6S2. The first-order chi connectivity index (χ1) is 14.4. The van der Waals surface area contributed by atoms with E-state index in [9.17, 15) is 26.0 Å². The molecule has 2 rings (SSSR count). The highest BCUT2D eigenvalue weighted by molar-refractivity contribution is 7.92. The maximum absolute atomic E-state index is 14.3. The summed E-state index contributed by atoms with van der Waals surface area (Å²) in [5.74, 6) is -1.89. The average Bonchev–Trinajstić information content (AvgIpc) is 2.71. The summed E-state index contributed by atoms with van der Waals surface area (Å²) in [4.78, 5) is 10.9. The third-order valence-corrected chi connectivity index (χ3v) is 8.28. The normalized spacial score (nSPS) is 12.1. The Morgan fingerprint density at radius 2 is 1.68 bits per heavy atom. The number of hydrogen-bond donors (Lipinski definition) is 1. The molecule has 0 saturated carbocycles. The fourth-order valence-corrected chi connectivity index (χ4v) is 5.74. The molecule has 0 aromatic heterocycles. The van der Waals surface area contributed by atoms with Crippen molar-refractivity contribution in [2.75, 3.05) is 24.9 Å². The highest BCUT2D eigenvalue weighted by Gasteiger charge is 2.26. The molecule has 0 bridgehead atoms. The molecule has 0 saturated heterocycles. The molecule has 31 heavy (non-hydrogen) atoms. The number of benzene rings is 2. The highest BCUT2D eigenvalue weighted by atomic mass is 32.2. The van der Waals surface area contributed by atoms with Gasteiger partial charge in [0.15, 0.2) is 0 Å². The molecule has 1 N–H and O–H groups in total. The second kappa shape index (κ2) is 9.33. The van der Waals surface area contributed by atoms with Crippen LogP contribution in [0.2, 0.25) is 0 Å². The van der Waals surface area contributed by atoms with E-state index in [4.69, 9.17) is 0 Å². The molecule has 170 valence electrons. The Kier molecular flexibility index (Phi) is 7.45. The zero-order valence-corrected chi connectivity index (χ0v) is 19.5. The van der Waals surface area contributed by atoms with Crippen molar-refractivity contribution in [3.63, 3.8) is 0 Å². The molecule has 0 radical (unpaired) electrons. The second-order valence-corrected chi connectivity index (χ2v) is 10.3. The van der Waals surface area contributed by atoms with Crippen molar-refractivity contribution in [2.45, 2.75) is 37.5 Å². The Bertz CT molecular complexity index is 1210. The summed E-state index contributed by atoms with van der Waals surface area (Å²) in [5.41, 5.74) is 0.866. The van der Waals surface area contributed by atoms with E-state index >= 15 is 0 Å². The van der Waals surface area contributed by atoms with E-state index in [0.717, 1.165) is 25.3 Å². The number of nitrogens with zero attached hydrogens (tertiary/aromatic N) is 1. The van der Waals surface area contributed by atoms with Crippen LogP contribution in [0, 0.1) is 19.7 Å². The van der Waals surface area contributed by atoms with Gasteiger partial charge in [0, 0.05) is 13.1 Å². The van der Waals surface area contributed by atoms with Gasteiger partial charge in [-0.1, -0.05) is 13.8 Å². The summed E-state index contributed by atoms with van der Waals surface area (Å²) in [6.45, 7) is 7.15. The van der Waals surface area contributed by atoms with Gasteiger partial charge >= 0.3 is 5.97 Å². The lowest BCUT2D eigenvalue weighted by atomic mass is 10.1. The number of esters is 1. The standard InChI is InChI=1S/C20H25FN2O6S2/c1-6-23(7-2)31(27,28)16-10-13(3)14(4)18(12-16)22-30(25,26)19-11-15(20(24)29-5)8-9-17(19)21/h8-12,22H,6-7H2,1-5H3. The molecule has 2 aromatic rings. The molecule has 0 amide bonds. The Morgan fingerprint density at radius 1 is 1.06 bits per heavy atom. The van der Waals surface area contributed by atoms with Crippen molar-refractivity contribution in [2.24, 2.45) is 0 Å². The third-order valence-electron chi connectivity index (χ3n) is 4.87. The zero-order valence-electron chi connectivity index (χ0n) is 17.9. The van der Waals surface area contributed by atoms with E-state index in [1.165, 1.54) is 16.4 Å². The summed E-state index contributed by atoms with van der Waals surface area (Å²) in [5, 5.41) is 0. The molecule has 0 aliphatic heterocycles. The van der Waals surface area contributed by atoms with E-state index in [1.54, 1.807) is 27.7 Å². The molecule has 8 nitrogen and oxygen atoms in total. The van der Waals surface area contributed by atoms with Crippen LogP contribution in [0.25, 0.3) is 0 Å². The molecule has 0 unspecified atom stereocenters. The Balaban J connectivity index is 2.59. The number of carbonyl (C=O) groups excluding carboxylic acids is 1. The summed E-state index contributed by atoms with van der Waals surface area (Å²) < 4.78 is 73.9. The van der Waals surface area contributed by atoms with Crippen LogP contribution >= 0.6 is 0 Å². The maximum atomic E-state index is 14.3. The van der Waals surface area contributed by atoms with E-state index < -0.39 is 36.7 Å². The summed E-state index contributed by atoms with van der Waals surface area (Å²) in [6.07, 6.45) is 0. The lowest BCUT2D eigenvalue weighted by molar-refractivity contribution is 0.0600. The average molecular weight is 473 g/mol. The van der Waals surface area contributed by atoms with Gasteiger partial charge in [0.1, 0.15) is 10.7 Å². The number of sulfonamides is 2. The first-order valence-electron chi connectivity index (χ1n) is 9.41. The van der Waals surface area contributed by atoms with Gasteiger partial charge in [-0.25, -0.2) is 26.0 Å². The molecule has 11 heteroatoms. The van der Waals surface area contributed by atoms with Crippen molar-refractivity contribution < 1.29 is 30.8 Å². The fraction of sp³-hybridized carbons (Fsp3) is 0.350. The molecule has 0 fully saturated rings. The van der Waals surface area contributed by atoms with Crippen LogP contribution in [0.3, 0.4) is 0 Å². The van der Waals surface area contributed by atoms with Gasteiger partial charge in [-0.05, 0) is 55.3 Å². The molecule has 2 aromatic carbocycles. The van der Waals surface area contributed by atoms with E-state index in [2.05, 4.69) is 9.46 Å². The van der Waals surface area contributed by atoms with Gasteiger partial charge in [-0.3, -0.25) is 4.72 Å². The van der Waals surface area contributed by atoms with Crippen LogP contribution in [0.5, 0.6) is 0 Å². The molecule has 0 spiro atoms. The molecule has 0 heterocycles. The van der Waals surface area contributed by atoms with Crippen LogP contribution in [0.1, 0.15) is 35.3 Å². The Hall–Kier alpha value is -2.50. The zero-order chi connectivity index (χ0) is 23.6. The SMILES string of the molecule is CCN(CC)S(=O)(=O)c1cc(C)c(C)c(NS(=O)(=O)c2cc(C(=O)OC)ccc2F)c1. The van der Waals surface area contributed by atoms with Crippen molar-refractivity contribution in [1.29, 1.82) is 0 Å². The van der Waals surface area contributed by atoms with Gasteiger partial charge in [-0.2, -0.15) is 4.31 Å². The van der Waals surface area contributed by atoms with Gasteiger partial charge in [0.25, 0.3) is 10.0 Å². The minimum absolute atomic E-state index is 0.00592. The first-order valence-corrected chi connectivity index (χ1v) is 12.3. The fourth-order valence-electron chi connectivity index (χ4n) is 2.95. The van der Waals surface area contributed by atoms with Crippen molar-refractivity contribution >= 4 is 31.7 Å². The number of rotatable bonds is 8. The largest absolute Gasteiger partial charge is 0.465 e. The summed E-state index contributed by atoms with van der Waals surface area (Å²) >= 11 is 0. The molecule has 0 aliphatic rings. The number of anilines is 1. The Morgan fingerprint density at radius 3 is 2.23 bits per heavy atom. The van der Waals surface area contributed by atoms with Crippen LogP contribution < -0.4 is 4.72 Å². The van der Waals surface area contributed by atoms with Gasteiger partial charge in [0.05, 0.1) is 23.3 Å². The van der Waals surface area contributed by atoms with Crippen LogP contribution in [0.15, 0.2) is 40.1 Å².